The maximum absolute atomic E-state index is 10.8. The van der Waals surface area contributed by atoms with Crippen molar-refractivity contribution in [3.05, 3.63) is 35.6 Å². The van der Waals surface area contributed by atoms with Crippen molar-refractivity contribution in [3.63, 3.8) is 0 Å². The van der Waals surface area contributed by atoms with Gasteiger partial charge in [-0.05, 0) is 6.07 Å². The van der Waals surface area contributed by atoms with Crippen LogP contribution < -0.4 is 0 Å². The van der Waals surface area contributed by atoms with E-state index in [4.69, 9.17) is 21.8 Å². The van der Waals surface area contributed by atoms with Crippen LogP contribution in [0, 0.1) is 0 Å². The Morgan fingerprint density at radius 2 is 1.52 bits per heavy atom. The Morgan fingerprint density at radius 3 is 2.00 bits per heavy atom. The van der Waals surface area contributed by atoms with Crippen molar-refractivity contribution in [2.45, 2.75) is 10.1 Å². The standard InChI is InChI=1S/C14H11ClN2O4S2/c15-9-4-2-1-3-8(9)12-13(22-5-10(18)19)16-7-17-14(12)23-6-11(20)21/h1-4,7H,5-6H2,(H,18,19)(H,20,21). The number of benzene rings is 1. The van der Waals surface area contributed by atoms with Crippen LogP contribution in [0.4, 0.5) is 0 Å². The van der Waals surface area contributed by atoms with E-state index in [0.717, 1.165) is 23.5 Å². The molecule has 2 aromatic rings. The zero-order valence-electron chi connectivity index (χ0n) is 11.6. The quantitative estimate of drug-likeness (QED) is 0.566. The molecule has 0 radical (unpaired) electrons. The van der Waals surface area contributed by atoms with Gasteiger partial charge in [-0.3, -0.25) is 9.59 Å². The van der Waals surface area contributed by atoms with Gasteiger partial charge in [-0.25, -0.2) is 9.97 Å². The summed E-state index contributed by atoms with van der Waals surface area (Å²) in [6.45, 7) is 0. The van der Waals surface area contributed by atoms with E-state index in [1.807, 2.05) is 0 Å². The molecule has 0 bridgehead atoms. The Hall–Kier alpha value is -1.77. The molecule has 2 N–H and O–H groups in total. The first-order valence-corrected chi connectivity index (χ1v) is 8.63. The van der Waals surface area contributed by atoms with Crippen LogP contribution in [0.1, 0.15) is 0 Å². The molecule has 1 heterocycles. The Labute approximate surface area is 145 Å². The molecule has 1 aromatic heterocycles. The van der Waals surface area contributed by atoms with Gasteiger partial charge in [0.2, 0.25) is 0 Å². The normalized spacial score (nSPS) is 10.5. The van der Waals surface area contributed by atoms with Crippen LogP contribution in [0.15, 0.2) is 40.6 Å². The minimum Gasteiger partial charge on any atom is -0.481 e. The molecular weight excluding hydrogens is 360 g/mol. The highest BCUT2D eigenvalue weighted by molar-refractivity contribution is 8.00. The number of thioether (sulfide) groups is 2. The summed E-state index contributed by atoms with van der Waals surface area (Å²) in [4.78, 5) is 29.9. The molecule has 0 saturated heterocycles. The highest BCUT2D eigenvalue weighted by Gasteiger charge is 2.18. The fourth-order valence-electron chi connectivity index (χ4n) is 1.73. The molecule has 6 nitrogen and oxygen atoms in total. The summed E-state index contributed by atoms with van der Waals surface area (Å²) >= 11 is 8.30. The van der Waals surface area contributed by atoms with Gasteiger partial charge in [0.05, 0.1) is 11.5 Å². The Balaban J connectivity index is 2.50. The van der Waals surface area contributed by atoms with Crippen LogP contribution >= 0.6 is 35.1 Å². The maximum atomic E-state index is 10.8. The Morgan fingerprint density at radius 1 is 1.00 bits per heavy atom. The molecule has 0 aliphatic heterocycles. The fourth-order valence-corrected chi connectivity index (χ4v) is 3.49. The zero-order valence-corrected chi connectivity index (χ0v) is 14.0. The van der Waals surface area contributed by atoms with Gasteiger partial charge in [-0.2, -0.15) is 0 Å². The number of hydrogen-bond acceptors (Lipinski definition) is 6. The number of aliphatic carboxylic acids is 2. The molecule has 2 rings (SSSR count). The van der Waals surface area contributed by atoms with Gasteiger partial charge in [-0.15, -0.1) is 0 Å². The second-order valence-electron chi connectivity index (χ2n) is 4.20. The van der Waals surface area contributed by atoms with Crippen molar-refractivity contribution >= 4 is 47.1 Å². The lowest BCUT2D eigenvalue weighted by molar-refractivity contribution is -0.134. The maximum Gasteiger partial charge on any atom is 0.313 e. The number of carbonyl (C=O) groups is 2. The summed E-state index contributed by atoms with van der Waals surface area (Å²) in [6, 6.07) is 7.01. The summed E-state index contributed by atoms with van der Waals surface area (Å²) in [6.07, 6.45) is 1.29. The zero-order chi connectivity index (χ0) is 16.8. The van der Waals surface area contributed by atoms with E-state index in [-0.39, 0.29) is 11.5 Å². The number of rotatable bonds is 7. The Bertz CT molecular complexity index is 706. The van der Waals surface area contributed by atoms with Crippen molar-refractivity contribution in [1.29, 1.82) is 0 Å². The monoisotopic (exact) mass is 370 g/mol. The fraction of sp³-hybridized carbons (Fsp3) is 0.143. The number of carboxylic acids is 2. The van der Waals surface area contributed by atoms with Crippen LogP contribution in [-0.4, -0.2) is 43.6 Å². The van der Waals surface area contributed by atoms with Gasteiger partial charge in [0, 0.05) is 16.1 Å². The minimum absolute atomic E-state index is 0.169. The average molecular weight is 371 g/mol. The third-order valence-electron chi connectivity index (χ3n) is 2.59. The van der Waals surface area contributed by atoms with Gasteiger partial charge in [-0.1, -0.05) is 53.3 Å². The van der Waals surface area contributed by atoms with Gasteiger partial charge in [0.25, 0.3) is 0 Å². The van der Waals surface area contributed by atoms with Crippen LogP contribution in [0.2, 0.25) is 5.02 Å². The molecule has 0 atom stereocenters. The molecule has 0 saturated carbocycles. The lowest BCUT2D eigenvalue weighted by atomic mass is 10.1. The van der Waals surface area contributed by atoms with Crippen LogP contribution in [0.25, 0.3) is 11.1 Å². The molecule has 0 aliphatic carbocycles. The highest BCUT2D eigenvalue weighted by atomic mass is 35.5. The first kappa shape index (κ1) is 17.6. The molecule has 0 aliphatic rings. The predicted octanol–water partition coefficient (Wildman–Crippen LogP) is 3.15. The lowest BCUT2D eigenvalue weighted by Gasteiger charge is -2.12. The summed E-state index contributed by atoms with van der Waals surface area (Å²) < 4.78 is 0. The van der Waals surface area contributed by atoms with Gasteiger partial charge < -0.3 is 10.2 Å². The van der Waals surface area contributed by atoms with E-state index in [2.05, 4.69) is 9.97 Å². The topological polar surface area (TPSA) is 100 Å². The van der Waals surface area contributed by atoms with Gasteiger partial charge in [0.15, 0.2) is 0 Å². The smallest absolute Gasteiger partial charge is 0.313 e. The van der Waals surface area contributed by atoms with E-state index in [1.165, 1.54) is 6.33 Å². The predicted molar refractivity (Wildman–Crippen MR) is 89.2 cm³/mol. The van der Waals surface area contributed by atoms with Crippen molar-refractivity contribution in [2.75, 3.05) is 11.5 Å². The van der Waals surface area contributed by atoms with Crippen molar-refractivity contribution in [3.8, 4) is 11.1 Å². The highest BCUT2D eigenvalue weighted by Crippen LogP contribution is 2.39. The molecule has 9 heteroatoms. The number of aromatic nitrogens is 2. The third kappa shape index (κ3) is 4.85. The molecule has 0 amide bonds. The van der Waals surface area contributed by atoms with Crippen molar-refractivity contribution < 1.29 is 19.8 Å². The first-order chi connectivity index (χ1) is 11.0. The third-order valence-corrected chi connectivity index (χ3v) is 4.86. The number of hydrogen-bond donors (Lipinski definition) is 2. The van der Waals surface area contributed by atoms with E-state index >= 15 is 0 Å². The first-order valence-electron chi connectivity index (χ1n) is 6.28. The number of carboxylic acid groups (broad SMARTS) is 2. The summed E-state index contributed by atoms with van der Waals surface area (Å²) in [7, 11) is 0. The summed E-state index contributed by atoms with van der Waals surface area (Å²) in [5, 5.41) is 19.1. The van der Waals surface area contributed by atoms with Crippen LogP contribution in [0.3, 0.4) is 0 Å². The molecule has 1 aromatic carbocycles. The molecule has 0 fully saturated rings. The van der Waals surface area contributed by atoms with Crippen LogP contribution in [-0.2, 0) is 9.59 Å². The summed E-state index contributed by atoms with van der Waals surface area (Å²) in [5.74, 6) is -2.29. The van der Waals surface area contributed by atoms with Crippen LogP contribution in [0.5, 0.6) is 0 Å². The van der Waals surface area contributed by atoms with Gasteiger partial charge in [0.1, 0.15) is 16.4 Å². The van der Waals surface area contributed by atoms with Gasteiger partial charge >= 0.3 is 11.9 Å². The van der Waals surface area contributed by atoms with E-state index in [1.54, 1.807) is 24.3 Å². The lowest BCUT2D eigenvalue weighted by Crippen LogP contribution is -2.02. The molecule has 0 unspecified atom stereocenters. The second kappa shape index (κ2) is 8.19. The van der Waals surface area contributed by atoms with E-state index in [0.29, 0.717) is 26.2 Å². The molecular formula is C14H11ClN2O4S2. The molecule has 0 spiro atoms. The SMILES string of the molecule is O=C(O)CSc1ncnc(SCC(=O)O)c1-c1ccccc1Cl. The number of halogens is 1. The largest absolute Gasteiger partial charge is 0.481 e. The minimum atomic E-state index is -0.974. The Kier molecular flexibility index (Phi) is 6.26. The second-order valence-corrected chi connectivity index (χ2v) is 6.54. The van der Waals surface area contributed by atoms with Crippen molar-refractivity contribution in [2.24, 2.45) is 0 Å². The van der Waals surface area contributed by atoms with E-state index in [9.17, 15) is 9.59 Å². The number of nitrogens with zero attached hydrogens (tertiary/aromatic N) is 2. The molecule has 23 heavy (non-hydrogen) atoms. The average Bonchev–Trinajstić information content (AvgIpc) is 2.51. The summed E-state index contributed by atoms with van der Waals surface area (Å²) in [5.41, 5.74) is 1.19. The molecule has 120 valence electrons. The van der Waals surface area contributed by atoms with Crippen molar-refractivity contribution in [1.82, 2.24) is 9.97 Å². The van der Waals surface area contributed by atoms with E-state index < -0.39 is 11.9 Å².